The molecule has 1 atom stereocenters. The van der Waals surface area contributed by atoms with Crippen LogP contribution in [0.3, 0.4) is 0 Å². The van der Waals surface area contributed by atoms with Crippen molar-refractivity contribution in [1.82, 2.24) is 0 Å². The highest BCUT2D eigenvalue weighted by Crippen LogP contribution is 2.38. The zero-order valence-electron chi connectivity index (χ0n) is 12.7. The van der Waals surface area contributed by atoms with Crippen molar-refractivity contribution in [2.24, 2.45) is 5.92 Å². The first kappa shape index (κ1) is 16.3. The van der Waals surface area contributed by atoms with Crippen molar-refractivity contribution in [3.8, 4) is 11.5 Å². The van der Waals surface area contributed by atoms with E-state index in [1.807, 2.05) is 0 Å². The maximum atomic E-state index is 12.1. The number of allylic oxidation sites excluding steroid dienone is 3. The number of benzene rings is 1. The Morgan fingerprint density at radius 2 is 2.00 bits per heavy atom. The number of ether oxygens (including phenoxy) is 3. The molecule has 0 radical (unpaired) electrons. The zero-order chi connectivity index (χ0) is 17.3. The number of fused-ring (bicyclic) bond motifs is 1. The van der Waals surface area contributed by atoms with E-state index in [0.717, 1.165) is 12.2 Å². The molecule has 24 heavy (non-hydrogen) atoms. The third-order valence-corrected chi connectivity index (χ3v) is 3.75. The van der Waals surface area contributed by atoms with Gasteiger partial charge in [-0.1, -0.05) is 17.7 Å². The molecular weight excluding hydrogens is 336 g/mol. The van der Waals surface area contributed by atoms with E-state index in [2.05, 4.69) is 0 Å². The Balaban J connectivity index is 1.81. The molecule has 2 aliphatic heterocycles. The van der Waals surface area contributed by atoms with E-state index in [0.29, 0.717) is 35.3 Å². The summed E-state index contributed by atoms with van der Waals surface area (Å²) in [6.45, 7) is 2.30. The van der Waals surface area contributed by atoms with Crippen LogP contribution >= 0.6 is 11.6 Å². The van der Waals surface area contributed by atoms with Crippen molar-refractivity contribution in [1.29, 1.82) is 0 Å². The van der Waals surface area contributed by atoms with Gasteiger partial charge < -0.3 is 14.2 Å². The molecular formula is C17H13ClO6. The summed E-state index contributed by atoms with van der Waals surface area (Å²) >= 11 is 6.11. The smallest absolute Gasteiger partial charge is 0.329 e. The number of esters is 1. The van der Waals surface area contributed by atoms with Crippen LogP contribution in [0.2, 0.25) is 5.02 Å². The van der Waals surface area contributed by atoms with Gasteiger partial charge in [-0.25, -0.2) is 0 Å². The van der Waals surface area contributed by atoms with Gasteiger partial charge in [-0.15, -0.1) is 0 Å². The maximum absolute atomic E-state index is 12.1. The van der Waals surface area contributed by atoms with Crippen molar-refractivity contribution in [2.75, 3.05) is 13.2 Å². The number of carbonyl (C=O) groups excluding carboxylic acids is 3. The molecule has 0 saturated carbocycles. The highest BCUT2D eigenvalue weighted by atomic mass is 35.5. The fraction of sp³-hybridized carbons (Fsp3) is 0.235. The van der Waals surface area contributed by atoms with Crippen molar-refractivity contribution in [3.05, 3.63) is 40.6 Å². The number of hydrogen-bond donors (Lipinski definition) is 0. The molecule has 0 spiro atoms. The van der Waals surface area contributed by atoms with Crippen LogP contribution < -0.4 is 9.47 Å². The lowest BCUT2D eigenvalue weighted by molar-refractivity contribution is -0.151. The van der Waals surface area contributed by atoms with Crippen LogP contribution in [0.5, 0.6) is 11.5 Å². The molecule has 3 rings (SSSR count). The molecule has 0 unspecified atom stereocenters. The fourth-order valence-corrected chi connectivity index (χ4v) is 2.68. The average Bonchev–Trinajstić information content (AvgIpc) is 2.52. The topological polar surface area (TPSA) is 78.9 Å². The lowest BCUT2D eigenvalue weighted by Gasteiger charge is -2.19. The number of carbonyl (C=O) groups is 3. The Morgan fingerprint density at radius 1 is 1.25 bits per heavy atom. The van der Waals surface area contributed by atoms with E-state index in [1.54, 1.807) is 12.1 Å². The van der Waals surface area contributed by atoms with Gasteiger partial charge in [0.15, 0.2) is 29.0 Å². The molecule has 2 heterocycles. The van der Waals surface area contributed by atoms with Crippen LogP contribution in [0.4, 0.5) is 0 Å². The second kappa shape index (κ2) is 6.49. The predicted molar refractivity (Wildman–Crippen MR) is 84.8 cm³/mol. The first-order chi connectivity index (χ1) is 11.5. The normalized spacial score (nSPS) is 19.9. The summed E-state index contributed by atoms with van der Waals surface area (Å²) in [4.78, 5) is 35.7. The van der Waals surface area contributed by atoms with Gasteiger partial charge in [-0.2, -0.15) is 0 Å². The fourth-order valence-electron chi connectivity index (χ4n) is 2.40. The minimum atomic E-state index is -1.46. The SMILES string of the molecule is CC1=CC(=O)[C@@H](C(=O)/C=C\c2cc(Cl)c3c(c2)OCCO3)C(=O)O1. The Labute approximate surface area is 142 Å². The number of hydrogen-bond acceptors (Lipinski definition) is 6. The van der Waals surface area contributed by atoms with E-state index in [-0.39, 0.29) is 5.76 Å². The van der Waals surface area contributed by atoms with Crippen LogP contribution in [0.1, 0.15) is 12.5 Å². The zero-order valence-corrected chi connectivity index (χ0v) is 13.5. The van der Waals surface area contributed by atoms with Gasteiger partial charge in [0, 0.05) is 6.08 Å². The summed E-state index contributed by atoms with van der Waals surface area (Å²) in [5.41, 5.74) is 0.584. The molecule has 1 aromatic rings. The van der Waals surface area contributed by atoms with Gasteiger partial charge >= 0.3 is 5.97 Å². The van der Waals surface area contributed by atoms with Gasteiger partial charge in [-0.3, -0.25) is 14.4 Å². The van der Waals surface area contributed by atoms with Crippen molar-refractivity contribution in [3.63, 3.8) is 0 Å². The number of rotatable bonds is 3. The van der Waals surface area contributed by atoms with Crippen LogP contribution in [0, 0.1) is 5.92 Å². The third-order valence-electron chi connectivity index (χ3n) is 3.47. The van der Waals surface area contributed by atoms with Crippen LogP contribution in [-0.4, -0.2) is 30.7 Å². The van der Waals surface area contributed by atoms with Gasteiger partial charge in [0.25, 0.3) is 0 Å². The Kier molecular flexibility index (Phi) is 4.40. The predicted octanol–water partition coefficient (Wildman–Crippen LogP) is 2.34. The van der Waals surface area contributed by atoms with E-state index < -0.39 is 23.5 Å². The molecule has 0 N–H and O–H groups in total. The van der Waals surface area contributed by atoms with Crippen LogP contribution in [0.25, 0.3) is 6.08 Å². The standard InChI is InChI=1S/C17H13ClO6/c1-9-6-13(20)15(17(21)24-9)12(19)3-2-10-7-11(18)16-14(8-10)22-4-5-23-16/h2-3,6-8,15H,4-5H2,1H3/b3-2-/t15-/m1/s1. The second-order valence-electron chi connectivity index (χ2n) is 5.27. The first-order valence-corrected chi connectivity index (χ1v) is 7.58. The summed E-state index contributed by atoms with van der Waals surface area (Å²) in [6, 6.07) is 3.26. The molecule has 0 aromatic heterocycles. The summed E-state index contributed by atoms with van der Waals surface area (Å²) in [7, 11) is 0. The summed E-state index contributed by atoms with van der Waals surface area (Å²) < 4.78 is 15.7. The van der Waals surface area contributed by atoms with Crippen molar-refractivity contribution in [2.45, 2.75) is 6.92 Å². The van der Waals surface area contributed by atoms with Gasteiger partial charge in [0.1, 0.15) is 19.0 Å². The highest BCUT2D eigenvalue weighted by Gasteiger charge is 2.36. The van der Waals surface area contributed by atoms with Crippen LogP contribution in [0.15, 0.2) is 30.0 Å². The Morgan fingerprint density at radius 3 is 2.75 bits per heavy atom. The van der Waals surface area contributed by atoms with Crippen molar-refractivity contribution < 1.29 is 28.6 Å². The van der Waals surface area contributed by atoms with E-state index in [1.165, 1.54) is 13.0 Å². The van der Waals surface area contributed by atoms with Crippen LogP contribution in [-0.2, 0) is 19.1 Å². The third kappa shape index (κ3) is 3.19. The van der Waals surface area contributed by atoms with Gasteiger partial charge in [-0.05, 0) is 30.7 Å². The van der Waals surface area contributed by atoms with E-state index >= 15 is 0 Å². The Hall–Kier alpha value is -2.60. The molecule has 2 aliphatic rings. The molecule has 0 aliphatic carbocycles. The van der Waals surface area contributed by atoms with E-state index in [4.69, 9.17) is 25.8 Å². The molecule has 124 valence electrons. The lowest BCUT2D eigenvalue weighted by atomic mass is 9.96. The monoisotopic (exact) mass is 348 g/mol. The molecule has 1 aromatic carbocycles. The minimum absolute atomic E-state index is 0.177. The van der Waals surface area contributed by atoms with Gasteiger partial charge in [0.2, 0.25) is 0 Å². The second-order valence-corrected chi connectivity index (χ2v) is 5.68. The molecule has 7 heteroatoms. The molecule has 0 amide bonds. The summed E-state index contributed by atoms with van der Waals surface area (Å²) in [6.07, 6.45) is 3.75. The average molecular weight is 349 g/mol. The number of ketones is 2. The van der Waals surface area contributed by atoms with Crippen molar-refractivity contribution >= 4 is 35.2 Å². The largest absolute Gasteiger partial charge is 0.486 e. The lowest BCUT2D eigenvalue weighted by Crippen LogP contribution is -2.34. The number of halogens is 1. The Bertz CT molecular complexity index is 793. The maximum Gasteiger partial charge on any atom is 0.329 e. The summed E-state index contributed by atoms with van der Waals surface area (Å²) in [5.74, 6) is -2.45. The first-order valence-electron chi connectivity index (χ1n) is 7.20. The van der Waals surface area contributed by atoms with E-state index in [9.17, 15) is 14.4 Å². The minimum Gasteiger partial charge on any atom is -0.486 e. The molecule has 0 saturated heterocycles. The molecule has 0 fully saturated rings. The van der Waals surface area contributed by atoms with Gasteiger partial charge in [0.05, 0.1) is 5.02 Å². The highest BCUT2D eigenvalue weighted by molar-refractivity contribution is 6.32. The quantitative estimate of drug-likeness (QED) is 0.474. The molecule has 6 nitrogen and oxygen atoms in total. The number of cyclic esters (lactones) is 1. The summed E-state index contributed by atoms with van der Waals surface area (Å²) in [5, 5.41) is 0.353. The molecule has 0 bridgehead atoms.